The lowest BCUT2D eigenvalue weighted by Gasteiger charge is -2.48. The van der Waals surface area contributed by atoms with Gasteiger partial charge in [0.2, 0.25) is 9.84 Å². The number of sulfone groups is 1. The molecule has 0 radical (unpaired) electrons. The van der Waals surface area contributed by atoms with Crippen LogP contribution in [-0.4, -0.2) is 51.0 Å². The second-order valence-corrected chi connectivity index (χ2v) is 15.4. The molecule has 3 atom stereocenters. The minimum absolute atomic E-state index is 0.283. The summed E-state index contributed by atoms with van der Waals surface area (Å²) in [5.74, 6) is 2.13. The molecule has 7 heteroatoms. The number of anilines is 1. The normalized spacial score (nSPS) is 23.2. The number of piperidine rings is 1. The first-order valence-corrected chi connectivity index (χ1v) is 18.1. The minimum Gasteiger partial charge on any atom is -0.371 e. The van der Waals surface area contributed by atoms with E-state index in [-0.39, 0.29) is 10.3 Å². The Morgan fingerprint density at radius 1 is 0.955 bits per heavy atom. The summed E-state index contributed by atoms with van der Waals surface area (Å²) in [5.41, 5.74) is 2.63. The van der Waals surface area contributed by atoms with Gasteiger partial charge in [0.1, 0.15) is 0 Å². The van der Waals surface area contributed by atoms with Crippen LogP contribution in [-0.2, 0) is 15.3 Å². The molecule has 44 heavy (non-hydrogen) atoms. The van der Waals surface area contributed by atoms with Gasteiger partial charge in [-0.05, 0) is 99.0 Å². The molecule has 2 aliphatic heterocycles. The van der Waals surface area contributed by atoms with E-state index in [0.717, 1.165) is 51.3 Å². The van der Waals surface area contributed by atoms with E-state index in [1.807, 2.05) is 12.1 Å². The van der Waals surface area contributed by atoms with Crippen molar-refractivity contribution in [1.29, 1.82) is 5.26 Å². The fourth-order valence-electron chi connectivity index (χ4n) is 8.55. The van der Waals surface area contributed by atoms with Crippen molar-refractivity contribution in [3.05, 3.63) is 84.2 Å². The van der Waals surface area contributed by atoms with E-state index in [2.05, 4.69) is 58.1 Å². The zero-order chi connectivity index (χ0) is 30.7. The number of nitriles is 1. The molecule has 1 aromatic heterocycles. The third-order valence-corrected chi connectivity index (χ3v) is 12.5. The molecule has 2 saturated heterocycles. The Labute approximate surface area is 264 Å². The van der Waals surface area contributed by atoms with Crippen LogP contribution in [0, 0.1) is 41.9 Å². The van der Waals surface area contributed by atoms with E-state index in [9.17, 15) is 13.7 Å². The first-order chi connectivity index (χ1) is 21.3. The molecule has 1 saturated carbocycles. The zero-order valence-corrected chi connectivity index (χ0v) is 27.1. The topological polar surface area (TPSA) is 77.3 Å². The molecule has 3 fully saturated rings. The standard InChI is InChI=1S/C37H46N4O2S/c1-3-8-30-9-7-12-36(30)37(27-38,31-10-5-4-6-11-31)32-18-21-40(22-19-32)24-29-25-41(26-29)33-13-15-34(16-14-33)44(42,43)35-17-20-39-28(2)23-35/h4-6,10-11,13-17,20,23,29-30,32,36H,3,7-9,12,18-19,21-22,24-26H2,1-2H3/t30-,36-,37?/m0/s1. The van der Waals surface area contributed by atoms with Crippen molar-refractivity contribution in [1.82, 2.24) is 9.88 Å². The highest BCUT2D eigenvalue weighted by atomic mass is 32.2. The van der Waals surface area contributed by atoms with Gasteiger partial charge in [0.05, 0.1) is 21.3 Å². The fraction of sp³-hybridized carbons (Fsp3) is 0.514. The Balaban J connectivity index is 1.06. The second-order valence-electron chi connectivity index (χ2n) is 13.4. The lowest BCUT2D eigenvalue weighted by atomic mass is 9.58. The molecule has 3 heterocycles. The average Bonchev–Trinajstić information content (AvgIpc) is 3.49. The van der Waals surface area contributed by atoms with Crippen LogP contribution in [0.2, 0.25) is 0 Å². The molecule has 3 aliphatic rings. The molecule has 2 aromatic carbocycles. The summed E-state index contributed by atoms with van der Waals surface area (Å²) in [5, 5.41) is 11.0. The van der Waals surface area contributed by atoms with Crippen molar-refractivity contribution in [2.24, 2.45) is 23.7 Å². The van der Waals surface area contributed by atoms with E-state index in [0.29, 0.717) is 34.3 Å². The fourth-order valence-corrected chi connectivity index (χ4v) is 9.88. The van der Waals surface area contributed by atoms with Gasteiger partial charge in [0, 0.05) is 43.1 Å². The number of aryl methyl sites for hydroxylation is 1. The third kappa shape index (κ3) is 5.91. The van der Waals surface area contributed by atoms with E-state index in [4.69, 9.17) is 0 Å². The number of rotatable bonds is 10. The van der Waals surface area contributed by atoms with Gasteiger partial charge in [-0.3, -0.25) is 4.98 Å². The van der Waals surface area contributed by atoms with Crippen LogP contribution in [0.25, 0.3) is 0 Å². The maximum atomic E-state index is 13.1. The Morgan fingerprint density at radius 3 is 2.34 bits per heavy atom. The van der Waals surface area contributed by atoms with E-state index in [1.165, 1.54) is 37.7 Å². The van der Waals surface area contributed by atoms with Crippen LogP contribution in [0.15, 0.2) is 82.7 Å². The Kier molecular flexibility index (Phi) is 9.12. The lowest BCUT2D eigenvalue weighted by molar-refractivity contribution is 0.0893. The number of pyridine rings is 1. The summed E-state index contributed by atoms with van der Waals surface area (Å²) < 4.78 is 26.1. The first kappa shape index (κ1) is 30.8. The van der Waals surface area contributed by atoms with Crippen LogP contribution in [0.5, 0.6) is 0 Å². The van der Waals surface area contributed by atoms with Crippen LogP contribution < -0.4 is 4.90 Å². The highest BCUT2D eigenvalue weighted by Crippen LogP contribution is 2.53. The highest BCUT2D eigenvalue weighted by molar-refractivity contribution is 7.91. The summed E-state index contributed by atoms with van der Waals surface area (Å²) in [4.78, 5) is 9.68. The monoisotopic (exact) mass is 610 g/mol. The Morgan fingerprint density at radius 2 is 1.68 bits per heavy atom. The summed E-state index contributed by atoms with van der Waals surface area (Å²) in [6, 6.07) is 24.2. The number of nitrogens with zero attached hydrogens (tertiary/aromatic N) is 4. The molecule has 0 amide bonds. The first-order valence-electron chi connectivity index (χ1n) is 16.6. The van der Waals surface area contributed by atoms with Crippen molar-refractivity contribution in [2.45, 2.75) is 74.0 Å². The minimum atomic E-state index is -3.55. The van der Waals surface area contributed by atoms with Crippen LogP contribution in [0.3, 0.4) is 0 Å². The van der Waals surface area contributed by atoms with Gasteiger partial charge >= 0.3 is 0 Å². The van der Waals surface area contributed by atoms with Gasteiger partial charge in [0.15, 0.2) is 0 Å². The zero-order valence-electron chi connectivity index (χ0n) is 26.2. The third-order valence-electron chi connectivity index (χ3n) is 10.7. The van der Waals surface area contributed by atoms with Gasteiger partial charge < -0.3 is 9.80 Å². The average molecular weight is 611 g/mol. The van der Waals surface area contributed by atoms with Gasteiger partial charge in [-0.25, -0.2) is 8.42 Å². The van der Waals surface area contributed by atoms with Crippen molar-refractivity contribution in [3.8, 4) is 6.07 Å². The van der Waals surface area contributed by atoms with E-state index < -0.39 is 9.84 Å². The molecule has 6 rings (SSSR count). The molecule has 6 nitrogen and oxygen atoms in total. The van der Waals surface area contributed by atoms with Gasteiger partial charge in [-0.15, -0.1) is 0 Å². The van der Waals surface area contributed by atoms with Gasteiger partial charge in [-0.1, -0.05) is 62.9 Å². The molecular formula is C37H46N4O2S. The maximum absolute atomic E-state index is 13.1. The number of aromatic nitrogens is 1. The van der Waals surface area contributed by atoms with E-state index in [1.54, 1.807) is 37.4 Å². The molecule has 1 aliphatic carbocycles. The van der Waals surface area contributed by atoms with Gasteiger partial charge in [-0.2, -0.15) is 5.26 Å². The molecule has 232 valence electrons. The summed E-state index contributed by atoms with van der Waals surface area (Å²) in [6.07, 6.45) is 9.86. The van der Waals surface area contributed by atoms with Crippen LogP contribution in [0.4, 0.5) is 5.69 Å². The molecule has 0 bridgehead atoms. The highest BCUT2D eigenvalue weighted by Gasteiger charge is 2.51. The molecule has 0 spiro atoms. The summed E-state index contributed by atoms with van der Waals surface area (Å²) >= 11 is 0. The smallest absolute Gasteiger partial charge is 0.206 e. The Hall–Kier alpha value is -3.21. The number of likely N-dealkylation sites (tertiary alicyclic amines) is 1. The predicted molar refractivity (Wildman–Crippen MR) is 175 cm³/mol. The maximum Gasteiger partial charge on any atom is 0.206 e. The molecule has 1 unspecified atom stereocenters. The van der Waals surface area contributed by atoms with Crippen molar-refractivity contribution >= 4 is 15.5 Å². The number of hydrogen-bond acceptors (Lipinski definition) is 6. The summed E-state index contributed by atoms with van der Waals surface area (Å²) in [7, 11) is -3.55. The number of benzene rings is 2. The summed E-state index contributed by atoms with van der Waals surface area (Å²) in [6.45, 7) is 9.27. The van der Waals surface area contributed by atoms with E-state index >= 15 is 0 Å². The van der Waals surface area contributed by atoms with Crippen molar-refractivity contribution in [2.75, 3.05) is 37.6 Å². The number of hydrogen-bond donors (Lipinski definition) is 0. The molecule has 3 aromatic rings. The predicted octanol–water partition coefficient (Wildman–Crippen LogP) is 7.05. The SMILES string of the molecule is CCC[C@H]1CCC[C@@H]1C(C#N)(c1ccccc1)C1CCN(CC2CN(c3ccc(S(=O)(=O)c4ccnc(C)c4)cc3)C2)CC1. The van der Waals surface area contributed by atoms with Crippen molar-refractivity contribution < 1.29 is 8.42 Å². The molecular weight excluding hydrogens is 565 g/mol. The Bertz CT molecular complexity index is 1550. The molecule has 0 N–H and O–H groups in total. The quantitative estimate of drug-likeness (QED) is 0.245. The second kappa shape index (κ2) is 13.0. The lowest BCUT2D eigenvalue weighted by Crippen LogP contribution is -2.54. The van der Waals surface area contributed by atoms with Gasteiger partial charge in [0.25, 0.3) is 0 Å². The van der Waals surface area contributed by atoms with Crippen molar-refractivity contribution in [3.63, 3.8) is 0 Å². The largest absolute Gasteiger partial charge is 0.371 e. The van der Waals surface area contributed by atoms with Crippen LogP contribution >= 0.6 is 0 Å². The van der Waals surface area contributed by atoms with Crippen LogP contribution in [0.1, 0.15) is 63.1 Å².